The molecule has 0 spiro atoms. The van der Waals surface area contributed by atoms with Gasteiger partial charge in [-0.05, 0) is 70.5 Å². The van der Waals surface area contributed by atoms with E-state index in [0.29, 0.717) is 12.1 Å². The largest absolute Gasteiger partial charge is 0.332 e. The number of nitrogens with one attached hydrogen (secondary N) is 2. The predicted molar refractivity (Wildman–Crippen MR) is 110 cm³/mol. The van der Waals surface area contributed by atoms with Crippen molar-refractivity contribution in [2.75, 3.05) is 5.32 Å². The Balaban J connectivity index is 1.58. The first kappa shape index (κ1) is 18.3. The molecule has 3 rings (SSSR count). The number of hydrogen-bond acceptors (Lipinski definition) is 3. The molecule has 5 nitrogen and oxygen atoms in total. The summed E-state index contributed by atoms with van der Waals surface area (Å²) < 4.78 is 2.75. The van der Waals surface area contributed by atoms with Crippen LogP contribution in [0.3, 0.4) is 0 Å². The summed E-state index contributed by atoms with van der Waals surface area (Å²) in [7, 11) is 0. The van der Waals surface area contributed by atoms with Crippen molar-refractivity contribution >= 4 is 44.9 Å². The Hall–Kier alpha value is -2.51. The average molecular weight is 429 g/mol. The smallest absolute Gasteiger partial charge is 0.257 e. The van der Waals surface area contributed by atoms with Gasteiger partial charge in [-0.3, -0.25) is 14.8 Å². The first-order valence-electron chi connectivity index (χ1n) is 7.95. The molecule has 2 N–H and O–H groups in total. The van der Waals surface area contributed by atoms with Crippen molar-refractivity contribution in [1.82, 2.24) is 15.1 Å². The Morgan fingerprint density at radius 3 is 2.65 bits per heavy atom. The van der Waals surface area contributed by atoms with Crippen LogP contribution in [-0.4, -0.2) is 20.8 Å². The van der Waals surface area contributed by atoms with Gasteiger partial charge in [0.2, 0.25) is 0 Å². The molecular weight excluding hydrogens is 412 g/mol. The molecule has 0 aliphatic rings. The molecule has 0 aliphatic heterocycles. The number of benzene rings is 2. The van der Waals surface area contributed by atoms with Crippen LogP contribution in [0.25, 0.3) is 0 Å². The first-order valence-corrected chi connectivity index (χ1v) is 9.15. The van der Waals surface area contributed by atoms with Crippen LogP contribution in [0.2, 0.25) is 0 Å². The molecule has 0 bridgehead atoms. The number of carbonyl (C=O) groups excluding carboxylic acids is 1. The number of halogens is 1. The minimum atomic E-state index is -0.247. The van der Waals surface area contributed by atoms with E-state index in [0.717, 1.165) is 21.3 Å². The number of amides is 1. The van der Waals surface area contributed by atoms with Crippen molar-refractivity contribution in [3.63, 3.8) is 0 Å². The molecule has 3 aromatic rings. The second-order valence-corrected chi connectivity index (χ2v) is 7.15. The van der Waals surface area contributed by atoms with Crippen molar-refractivity contribution in [3.05, 3.63) is 82.1 Å². The van der Waals surface area contributed by atoms with Crippen LogP contribution < -0.4 is 10.6 Å². The summed E-state index contributed by atoms with van der Waals surface area (Å²) >= 11 is 8.58. The highest BCUT2D eigenvalue weighted by molar-refractivity contribution is 9.10. The van der Waals surface area contributed by atoms with Crippen LogP contribution in [0.4, 0.5) is 5.69 Å². The zero-order chi connectivity index (χ0) is 18.5. The van der Waals surface area contributed by atoms with Crippen LogP contribution in [0.5, 0.6) is 0 Å². The van der Waals surface area contributed by atoms with E-state index in [1.54, 1.807) is 18.3 Å². The Morgan fingerprint density at radius 1 is 1.23 bits per heavy atom. The van der Waals surface area contributed by atoms with Crippen molar-refractivity contribution < 1.29 is 4.79 Å². The lowest BCUT2D eigenvalue weighted by Gasteiger charge is -2.10. The molecule has 0 saturated heterocycles. The van der Waals surface area contributed by atoms with E-state index in [2.05, 4.69) is 31.7 Å². The molecule has 0 radical (unpaired) electrons. The van der Waals surface area contributed by atoms with Crippen molar-refractivity contribution in [1.29, 1.82) is 0 Å². The van der Waals surface area contributed by atoms with Gasteiger partial charge >= 0.3 is 0 Å². The molecular formula is C19H17BrN4OS. The number of thiocarbonyl (C=S) groups is 1. The van der Waals surface area contributed by atoms with E-state index in [-0.39, 0.29) is 11.0 Å². The van der Waals surface area contributed by atoms with E-state index < -0.39 is 0 Å². The van der Waals surface area contributed by atoms with Crippen LogP contribution in [0, 0.1) is 6.92 Å². The van der Waals surface area contributed by atoms with E-state index in [4.69, 9.17) is 12.2 Å². The number of carbonyl (C=O) groups is 1. The maximum Gasteiger partial charge on any atom is 0.257 e. The lowest BCUT2D eigenvalue weighted by molar-refractivity contribution is 0.0977. The second kappa shape index (κ2) is 8.25. The fourth-order valence-electron chi connectivity index (χ4n) is 2.43. The van der Waals surface area contributed by atoms with Crippen LogP contribution in [-0.2, 0) is 6.54 Å². The van der Waals surface area contributed by atoms with Crippen molar-refractivity contribution in [2.45, 2.75) is 13.5 Å². The zero-order valence-electron chi connectivity index (χ0n) is 14.1. The molecule has 26 heavy (non-hydrogen) atoms. The van der Waals surface area contributed by atoms with Gasteiger partial charge in [-0.2, -0.15) is 5.10 Å². The molecule has 0 saturated carbocycles. The second-order valence-electron chi connectivity index (χ2n) is 5.83. The lowest BCUT2D eigenvalue weighted by Crippen LogP contribution is -2.34. The molecule has 0 aliphatic carbocycles. The van der Waals surface area contributed by atoms with Crippen molar-refractivity contribution in [3.8, 4) is 0 Å². The minimum absolute atomic E-state index is 0.247. The lowest BCUT2D eigenvalue weighted by atomic mass is 10.1. The Bertz CT molecular complexity index is 937. The van der Waals surface area contributed by atoms with E-state index in [1.165, 1.54) is 0 Å². The predicted octanol–water partition coefficient (Wildman–Crippen LogP) is 4.13. The summed E-state index contributed by atoms with van der Waals surface area (Å²) in [6.45, 7) is 2.64. The Labute approximate surface area is 165 Å². The third-order valence-corrected chi connectivity index (χ3v) is 4.28. The molecule has 1 aromatic heterocycles. The van der Waals surface area contributed by atoms with Gasteiger partial charge in [-0.15, -0.1) is 0 Å². The van der Waals surface area contributed by atoms with Gasteiger partial charge < -0.3 is 5.32 Å². The number of aryl methyl sites for hydroxylation is 1. The topological polar surface area (TPSA) is 58.9 Å². The normalized spacial score (nSPS) is 10.4. The first-order chi connectivity index (χ1) is 12.5. The molecule has 2 aromatic carbocycles. The molecule has 7 heteroatoms. The highest BCUT2D eigenvalue weighted by Gasteiger charge is 2.08. The number of hydrogen-bond donors (Lipinski definition) is 2. The van der Waals surface area contributed by atoms with Gasteiger partial charge in [0, 0.05) is 17.4 Å². The van der Waals surface area contributed by atoms with Crippen LogP contribution in [0.1, 0.15) is 21.5 Å². The molecule has 0 atom stereocenters. The number of rotatable bonds is 4. The van der Waals surface area contributed by atoms with E-state index in [9.17, 15) is 4.79 Å². The zero-order valence-corrected chi connectivity index (χ0v) is 16.5. The van der Waals surface area contributed by atoms with Gasteiger partial charge in [0.1, 0.15) is 0 Å². The third kappa shape index (κ3) is 5.00. The SMILES string of the molecule is Cc1cccc(NC(=S)NC(=O)c2ccc(Cn3cc(Br)cn3)cc2)c1. The monoisotopic (exact) mass is 428 g/mol. The quantitative estimate of drug-likeness (QED) is 0.613. The molecule has 132 valence electrons. The molecule has 0 fully saturated rings. The summed E-state index contributed by atoms with van der Waals surface area (Å²) in [4.78, 5) is 12.3. The van der Waals surface area contributed by atoms with Crippen molar-refractivity contribution in [2.24, 2.45) is 0 Å². The number of aromatic nitrogens is 2. The van der Waals surface area contributed by atoms with Gasteiger partial charge in [0.05, 0.1) is 17.2 Å². The maximum atomic E-state index is 12.3. The number of nitrogens with zero attached hydrogens (tertiary/aromatic N) is 2. The van der Waals surface area contributed by atoms with Gasteiger partial charge in [-0.1, -0.05) is 24.3 Å². The number of anilines is 1. The third-order valence-electron chi connectivity index (χ3n) is 3.67. The maximum absolute atomic E-state index is 12.3. The van der Waals surface area contributed by atoms with Gasteiger partial charge in [-0.25, -0.2) is 0 Å². The Morgan fingerprint density at radius 2 is 2.00 bits per heavy atom. The Kier molecular flexibility index (Phi) is 5.80. The molecule has 1 heterocycles. The van der Waals surface area contributed by atoms with E-state index in [1.807, 2.05) is 54.2 Å². The van der Waals surface area contributed by atoms with Gasteiger partial charge in [0.25, 0.3) is 5.91 Å². The molecule has 1 amide bonds. The van der Waals surface area contributed by atoms with Crippen LogP contribution in [0.15, 0.2) is 65.4 Å². The fourth-order valence-corrected chi connectivity index (χ4v) is 2.97. The van der Waals surface area contributed by atoms with Gasteiger partial charge in [0.15, 0.2) is 5.11 Å². The van der Waals surface area contributed by atoms with E-state index >= 15 is 0 Å². The summed E-state index contributed by atoms with van der Waals surface area (Å²) in [5, 5.41) is 10.2. The van der Waals surface area contributed by atoms with Crippen LogP contribution >= 0.6 is 28.1 Å². The summed E-state index contributed by atoms with van der Waals surface area (Å²) in [6, 6.07) is 15.1. The summed E-state index contributed by atoms with van der Waals surface area (Å²) in [5.41, 5.74) is 3.56. The summed E-state index contributed by atoms with van der Waals surface area (Å²) in [6.07, 6.45) is 3.64. The average Bonchev–Trinajstić information content (AvgIpc) is 3.00. The fraction of sp³-hybridized carbons (Fsp3) is 0.105. The summed E-state index contributed by atoms with van der Waals surface area (Å²) in [5.74, 6) is -0.247. The molecule has 0 unspecified atom stereocenters. The minimum Gasteiger partial charge on any atom is -0.332 e. The standard InChI is InChI=1S/C19H17BrN4OS/c1-13-3-2-4-17(9-13)22-19(26)23-18(25)15-7-5-14(6-8-15)11-24-12-16(20)10-21-24/h2-10,12H,11H2,1H3,(H2,22,23,25,26). The highest BCUT2D eigenvalue weighted by Crippen LogP contribution is 2.11. The highest BCUT2D eigenvalue weighted by atomic mass is 79.9.